The number of ether oxygens (including phenoxy) is 2. The van der Waals surface area contributed by atoms with Crippen LogP contribution in [0.5, 0.6) is 5.75 Å². The molecule has 39 heavy (non-hydrogen) atoms. The normalized spacial score (nSPS) is 16.1. The lowest BCUT2D eigenvalue weighted by Crippen LogP contribution is -2.49. The first kappa shape index (κ1) is 28.2. The van der Waals surface area contributed by atoms with Gasteiger partial charge < -0.3 is 19.8 Å². The second kappa shape index (κ2) is 12.9. The molecule has 1 aliphatic heterocycles. The molecule has 1 aliphatic rings. The van der Waals surface area contributed by atoms with Crippen LogP contribution in [0.1, 0.15) is 48.8 Å². The number of fused-ring (bicyclic) bond motifs is 1. The first-order valence-electron chi connectivity index (χ1n) is 12.9. The van der Waals surface area contributed by atoms with E-state index < -0.39 is 27.9 Å². The van der Waals surface area contributed by atoms with Crippen LogP contribution in [-0.2, 0) is 26.1 Å². The van der Waals surface area contributed by atoms with Gasteiger partial charge >= 0.3 is 5.97 Å². The highest BCUT2D eigenvalue weighted by molar-refractivity contribution is 7.89. The van der Waals surface area contributed by atoms with Gasteiger partial charge in [0.2, 0.25) is 10.0 Å². The zero-order valence-electron chi connectivity index (χ0n) is 21.7. The average molecular weight is 557 g/mol. The summed E-state index contributed by atoms with van der Waals surface area (Å²) < 4.78 is 37.9. The van der Waals surface area contributed by atoms with Gasteiger partial charge in [-0.25, -0.2) is 13.4 Å². The molecule has 2 aromatic carbocycles. The van der Waals surface area contributed by atoms with Crippen molar-refractivity contribution in [3.63, 3.8) is 0 Å². The molecule has 1 fully saturated rings. The Kier molecular flexibility index (Phi) is 9.31. The van der Waals surface area contributed by atoms with E-state index in [1.165, 1.54) is 4.31 Å². The number of H-pyrrole nitrogens is 1. The molecule has 208 valence electrons. The molecule has 1 amide bonds. The van der Waals surface area contributed by atoms with Crippen molar-refractivity contribution in [2.45, 2.75) is 45.2 Å². The van der Waals surface area contributed by atoms with E-state index in [9.17, 15) is 22.8 Å². The number of para-hydroxylation sites is 1. The predicted octanol–water partition coefficient (Wildman–Crippen LogP) is 2.37. The molecule has 0 bridgehead atoms. The van der Waals surface area contributed by atoms with E-state index in [1.807, 2.05) is 0 Å². The lowest BCUT2D eigenvalue weighted by molar-refractivity contribution is -0.148. The molecule has 11 nitrogen and oxygen atoms in total. The van der Waals surface area contributed by atoms with Crippen molar-refractivity contribution < 1.29 is 27.5 Å². The molecule has 0 spiro atoms. The molecule has 2 heterocycles. The van der Waals surface area contributed by atoms with Gasteiger partial charge in [0.25, 0.3) is 11.5 Å². The lowest BCUT2D eigenvalue weighted by Gasteiger charge is -2.32. The summed E-state index contributed by atoms with van der Waals surface area (Å²) in [6.07, 6.45) is 2.20. The van der Waals surface area contributed by atoms with E-state index in [0.29, 0.717) is 36.0 Å². The number of nitrogens with one attached hydrogen (secondary N) is 2. The quantitative estimate of drug-likeness (QED) is 0.270. The summed E-state index contributed by atoms with van der Waals surface area (Å²) in [6.45, 7) is 2.55. The molecule has 0 aliphatic carbocycles. The fourth-order valence-corrected chi connectivity index (χ4v) is 6.17. The van der Waals surface area contributed by atoms with Crippen LogP contribution in [0, 0.1) is 0 Å². The van der Waals surface area contributed by atoms with Crippen molar-refractivity contribution in [2.75, 3.05) is 25.5 Å². The minimum atomic E-state index is -3.65. The van der Waals surface area contributed by atoms with Gasteiger partial charge in [0.05, 0.1) is 29.9 Å². The number of esters is 1. The Morgan fingerprint density at radius 1 is 1.15 bits per heavy atom. The predicted molar refractivity (Wildman–Crippen MR) is 145 cm³/mol. The minimum absolute atomic E-state index is 0.0776. The second-order valence-corrected chi connectivity index (χ2v) is 11.2. The Bertz CT molecular complexity index is 1490. The smallest absolute Gasteiger partial charge is 0.324 e. The van der Waals surface area contributed by atoms with Crippen LogP contribution in [0.4, 0.5) is 0 Å². The monoisotopic (exact) mass is 556 g/mol. The highest BCUT2D eigenvalue weighted by atomic mass is 32.2. The maximum atomic E-state index is 12.9. The summed E-state index contributed by atoms with van der Waals surface area (Å²) in [7, 11) is -3.65. The van der Waals surface area contributed by atoms with Crippen molar-refractivity contribution in [1.82, 2.24) is 19.6 Å². The summed E-state index contributed by atoms with van der Waals surface area (Å²) in [5.74, 6) is -0.711. The SMILES string of the molecule is CCOC(=O)C1CCCCN1S(=O)(=O)CCCOc1cccc(CNC(=O)c2nc3ccccc3c(=O)[nH]2)c1. The van der Waals surface area contributed by atoms with Crippen LogP contribution in [0.15, 0.2) is 53.3 Å². The van der Waals surface area contributed by atoms with E-state index >= 15 is 0 Å². The van der Waals surface area contributed by atoms with E-state index in [2.05, 4.69) is 15.3 Å². The van der Waals surface area contributed by atoms with Crippen molar-refractivity contribution >= 4 is 32.8 Å². The first-order valence-corrected chi connectivity index (χ1v) is 14.5. The van der Waals surface area contributed by atoms with Gasteiger partial charge in [0.1, 0.15) is 11.8 Å². The van der Waals surface area contributed by atoms with Crippen molar-refractivity contribution in [3.05, 3.63) is 70.3 Å². The highest BCUT2D eigenvalue weighted by Crippen LogP contribution is 2.22. The molecule has 0 radical (unpaired) electrons. The van der Waals surface area contributed by atoms with E-state index in [1.54, 1.807) is 55.5 Å². The average Bonchev–Trinajstić information content (AvgIpc) is 2.94. The number of carbonyl (C=O) groups is 2. The van der Waals surface area contributed by atoms with Crippen LogP contribution in [0.25, 0.3) is 10.9 Å². The largest absolute Gasteiger partial charge is 0.494 e. The van der Waals surface area contributed by atoms with Crippen LogP contribution >= 0.6 is 0 Å². The van der Waals surface area contributed by atoms with E-state index in [-0.39, 0.29) is 43.3 Å². The Balaban J connectivity index is 1.28. The van der Waals surface area contributed by atoms with Crippen molar-refractivity contribution in [2.24, 2.45) is 0 Å². The number of aromatic nitrogens is 2. The van der Waals surface area contributed by atoms with Gasteiger partial charge in [0.15, 0.2) is 5.82 Å². The number of piperidine rings is 1. The highest BCUT2D eigenvalue weighted by Gasteiger charge is 2.37. The number of aromatic amines is 1. The molecule has 3 aromatic rings. The Morgan fingerprint density at radius 2 is 1.97 bits per heavy atom. The molecular formula is C27H32N4O7S. The summed E-state index contributed by atoms with van der Waals surface area (Å²) in [4.78, 5) is 43.8. The summed E-state index contributed by atoms with van der Waals surface area (Å²) >= 11 is 0. The van der Waals surface area contributed by atoms with Gasteiger partial charge in [-0.15, -0.1) is 0 Å². The van der Waals surface area contributed by atoms with Gasteiger partial charge in [0, 0.05) is 13.1 Å². The van der Waals surface area contributed by atoms with E-state index in [4.69, 9.17) is 9.47 Å². The molecule has 2 N–H and O–H groups in total. The summed E-state index contributed by atoms with van der Waals surface area (Å²) in [5.41, 5.74) is 0.794. The Hall–Kier alpha value is -3.77. The molecule has 1 saturated heterocycles. The second-order valence-electron chi connectivity index (χ2n) is 9.15. The zero-order chi connectivity index (χ0) is 27.8. The third kappa shape index (κ3) is 7.21. The molecule has 4 rings (SSSR count). The zero-order valence-corrected chi connectivity index (χ0v) is 22.5. The third-order valence-electron chi connectivity index (χ3n) is 6.36. The number of hydrogen-bond acceptors (Lipinski definition) is 8. The lowest BCUT2D eigenvalue weighted by atomic mass is 10.1. The minimum Gasteiger partial charge on any atom is -0.494 e. The first-order chi connectivity index (χ1) is 18.8. The molecule has 1 atom stereocenters. The number of sulfonamides is 1. The molecule has 0 saturated carbocycles. The van der Waals surface area contributed by atoms with Gasteiger partial charge in [-0.2, -0.15) is 4.31 Å². The van der Waals surface area contributed by atoms with Gasteiger partial charge in [-0.1, -0.05) is 24.3 Å². The third-order valence-corrected chi connectivity index (χ3v) is 8.32. The number of hydrogen-bond donors (Lipinski definition) is 2. The van der Waals surface area contributed by atoms with Crippen LogP contribution in [0.3, 0.4) is 0 Å². The fraction of sp³-hybridized carbons (Fsp3) is 0.407. The fourth-order valence-electron chi connectivity index (χ4n) is 4.47. The Labute approximate surface area is 226 Å². The van der Waals surface area contributed by atoms with Crippen LogP contribution in [0.2, 0.25) is 0 Å². The number of nitrogens with zero attached hydrogens (tertiary/aromatic N) is 2. The summed E-state index contributed by atoms with van der Waals surface area (Å²) in [5, 5.41) is 3.13. The topological polar surface area (TPSA) is 148 Å². The number of rotatable bonds is 11. The molecule has 1 aromatic heterocycles. The molecule has 12 heteroatoms. The van der Waals surface area contributed by atoms with Crippen molar-refractivity contribution in [3.8, 4) is 5.75 Å². The Morgan fingerprint density at radius 3 is 2.79 bits per heavy atom. The maximum absolute atomic E-state index is 12.9. The van der Waals surface area contributed by atoms with Gasteiger partial charge in [-0.3, -0.25) is 14.4 Å². The maximum Gasteiger partial charge on any atom is 0.324 e. The number of amides is 1. The number of carbonyl (C=O) groups excluding carboxylic acids is 2. The van der Waals surface area contributed by atoms with Crippen LogP contribution < -0.4 is 15.6 Å². The number of benzene rings is 2. The van der Waals surface area contributed by atoms with Crippen LogP contribution in [-0.4, -0.2) is 66.1 Å². The molecule has 1 unspecified atom stereocenters. The molecular weight excluding hydrogens is 524 g/mol. The standard InChI is InChI=1S/C27H32N4O7S/c1-2-37-27(34)23-13-5-6-14-31(23)39(35,36)16-8-15-38-20-10-7-9-19(17-20)18-28-26(33)24-29-22-12-4-3-11-21(22)25(32)30-24/h3-4,7,9-12,17,23H,2,5-6,8,13-16,18H2,1H3,(H,28,33)(H,29,30,32). The van der Waals surface area contributed by atoms with E-state index in [0.717, 1.165) is 12.0 Å². The van der Waals surface area contributed by atoms with Crippen molar-refractivity contribution in [1.29, 1.82) is 0 Å². The van der Waals surface area contributed by atoms with Gasteiger partial charge in [-0.05, 0) is 62.4 Å². The summed E-state index contributed by atoms with van der Waals surface area (Å²) in [6, 6.07) is 13.1.